The van der Waals surface area contributed by atoms with Gasteiger partial charge in [0.15, 0.2) is 5.60 Å². The van der Waals surface area contributed by atoms with Crippen LogP contribution in [0, 0.1) is 22.7 Å². The van der Waals surface area contributed by atoms with Crippen molar-refractivity contribution in [3.8, 4) is 17.6 Å². The van der Waals surface area contributed by atoms with E-state index in [-0.39, 0.29) is 17.3 Å². The third kappa shape index (κ3) is 3.01. The zero-order valence-corrected chi connectivity index (χ0v) is 20.8. The van der Waals surface area contributed by atoms with Crippen LogP contribution in [0.4, 0.5) is 0 Å². The first-order chi connectivity index (χ1) is 18.0. The number of aliphatic hydroxyl groups is 1. The maximum atomic E-state index is 13.1. The number of fused-ring (bicyclic) bond motifs is 3. The molecule has 7 rings (SSSR count). The van der Waals surface area contributed by atoms with Crippen molar-refractivity contribution in [1.82, 2.24) is 9.88 Å². The number of rotatable bonds is 5. The predicted molar refractivity (Wildman–Crippen MR) is 135 cm³/mol. The van der Waals surface area contributed by atoms with Gasteiger partial charge in [0.05, 0.1) is 49.9 Å². The topological polar surface area (TPSA) is 87.8 Å². The van der Waals surface area contributed by atoms with Crippen molar-refractivity contribution >= 4 is 0 Å². The first-order valence-electron chi connectivity index (χ1n) is 12.8. The largest absolute Gasteiger partial charge is 0.495 e. The molecule has 7 nitrogen and oxygen atoms in total. The molecule has 37 heavy (non-hydrogen) atoms. The Balaban J connectivity index is 1.41. The molecular formula is C30H29N3O4. The van der Waals surface area contributed by atoms with E-state index in [2.05, 4.69) is 28.1 Å². The van der Waals surface area contributed by atoms with Gasteiger partial charge in [0, 0.05) is 36.9 Å². The molecule has 0 radical (unpaired) electrons. The summed E-state index contributed by atoms with van der Waals surface area (Å²) in [5.41, 5.74) is 1.00. The SMILES string of the molecule is COc1cncc2c1C1(O)C(CN3CC4(COC4)C3)CC(c3ccccc3)C1(c1ccc(C#N)cc1)O2. The zero-order chi connectivity index (χ0) is 25.3. The Kier molecular flexibility index (Phi) is 4.93. The van der Waals surface area contributed by atoms with Crippen LogP contribution in [0.2, 0.25) is 0 Å². The first kappa shape index (κ1) is 22.7. The van der Waals surface area contributed by atoms with E-state index in [9.17, 15) is 10.4 Å². The van der Waals surface area contributed by atoms with E-state index in [1.54, 1.807) is 31.6 Å². The number of ether oxygens (including phenoxy) is 3. The minimum atomic E-state index is -1.37. The summed E-state index contributed by atoms with van der Waals surface area (Å²) in [6.07, 6.45) is 4.08. The van der Waals surface area contributed by atoms with Crippen molar-refractivity contribution in [3.63, 3.8) is 0 Å². The molecule has 3 fully saturated rings. The second-order valence-corrected chi connectivity index (χ2v) is 11.1. The summed E-state index contributed by atoms with van der Waals surface area (Å²) < 4.78 is 18.2. The number of aromatic nitrogens is 1. The molecule has 7 heteroatoms. The molecule has 1 aliphatic carbocycles. The molecule has 4 atom stereocenters. The van der Waals surface area contributed by atoms with Crippen LogP contribution >= 0.6 is 0 Å². The van der Waals surface area contributed by atoms with E-state index in [1.165, 1.54) is 0 Å². The Bertz CT molecular complexity index is 1380. The molecule has 2 aromatic carbocycles. The molecule has 1 aromatic heterocycles. The van der Waals surface area contributed by atoms with Crippen molar-refractivity contribution in [2.24, 2.45) is 11.3 Å². The summed E-state index contributed by atoms with van der Waals surface area (Å²) >= 11 is 0. The van der Waals surface area contributed by atoms with Crippen molar-refractivity contribution in [2.75, 3.05) is 40.0 Å². The van der Waals surface area contributed by atoms with Crippen LogP contribution in [0.15, 0.2) is 67.0 Å². The molecule has 0 bridgehead atoms. The average Bonchev–Trinajstić information content (AvgIpc) is 3.30. The Morgan fingerprint density at radius 1 is 1.11 bits per heavy atom. The molecule has 1 N–H and O–H groups in total. The average molecular weight is 496 g/mol. The van der Waals surface area contributed by atoms with Gasteiger partial charge in [0.1, 0.15) is 17.1 Å². The van der Waals surface area contributed by atoms with Crippen LogP contribution in [0.5, 0.6) is 11.5 Å². The summed E-state index contributed by atoms with van der Waals surface area (Å²) in [7, 11) is 1.61. The summed E-state index contributed by atoms with van der Waals surface area (Å²) in [6, 6.07) is 20.0. The van der Waals surface area contributed by atoms with Gasteiger partial charge in [-0.3, -0.25) is 4.98 Å². The summed E-state index contributed by atoms with van der Waals surface area (Å²) in [4.78, 5) is 6.80. The fraction of sp³-hybridized carbons (Fsp3) is 0.400. The summed E-state index contributed by atoms with van der Waals surface area (Å²) in [5, 5.41) is 22.6. The number of nitrogens with zero attached hydrogens (tertiary/aromatic N) is 3. The molecule has 0 amide bonds. The minimum absolute atomic E-state index is 0.121. The minimum Gasteiger partial charge on any atom is -0.495 e. The van der Waals surface area contributed by atoms with Crippen LogP contribution in [0.25, 0.3) is 0 Å². The van der Waals surface area contributed by atoms with Crippen LogP contribution < -0.4 is 9.47 Å². The molecule has 4 unspecified atom stereocenters. The normalized spacial score (nSPS) is 30.9. The van der Waals surface area contributed by atoms with Gasteiger partial charge in [-0.25, -0.2) is 0 Å². The van der Waals surface area contributed by atoms with Gasteiger partial charge in [-0.1, -0.05) is 42.5 Å². The number of hydrogen-bond donors (Lipinski definition) is 1. The van der Waals surface area contributed by atoms with Gasteiger partial charge in [0.2, 0.25) is 0 Å². The van der Waals surface area contributed by atoms with Crippen molar-refractivity contribution in [2.45, 2.75) is 23.5 Å². The van der Waals surface area contributed by atoms with Gasteiger partial charge in [-0.15, -0.1) is 0 Å². The Morgan fingerprint density at radius 3 is 2.51 bits per heavy atom. The molecule has 4 aliphatic rings. The van der Waals surface area contributed by atoms with Gasteiger partial charge >= 0.3 is 0 Å². The molecule has 2 saturated heterocycles. The summed E-state index contributed by atoms with van der Waals surface area (Å²) in [5.74, 6) is 0.825. The molecular weight excluding hydrogens is 466 g/mol. The van der Waals surface area contributed by atoms with E-state index in [0.717, 1.165) is 50.4 Å². The van der Waals surface area contributed by atoms with E-state index < -0.39 is 11.2 Å². The highest BCUT2D eigenvalue weighted by atomic mass is 16.5. The fourth-order valence-electron chi connectivity index (χ4n) is 7.38. The first-order valence-corrected chi connectivity index (χ1v) is 12.8. The number of pyridine rings is 1. The Morgan fingerprint density at radius 2 is 1.86 bits per heavy atom. The maximum absolute atomic E-state index is 13.1. The number of likely N-dealkylation sites (tertiary alicyclic amines) is 1. The van der Waals surface area contributed by atoms with Crippen LogP contribution in [0.3, 0.4) is 0 Å². The fourth-order valence-corrected chi connectivity index (χ4v) is 7.38. The number of hydrogen-bond acceptors (Lipinski definition) is 7. The lowest BCUT2D eigenvalue weighted by Crippen LogP contribution is -2.67. The highest BCUT2D eigenvalue weighted by Gasteiger charge is 2.73. The van der Waals surface area contributed by atoms with Crippen molar-refractivity contribution in [3.05, 3.63) is 89.2 Å². The molecule has 1 saturated carbocycles. The zero-order valence-electron chi connectivity index (χ0n) is 20.8. The van der Waals surface area contributed by atoms with Gasteiger partial charge in [-0.2, -0.15) is 5.26 Å². The lowest BCUT2D eigenvalue weighted by Gasteiger charge is -2.56. The standard InChI is InChI=1S/C30H29N3O4/c1-35-25-13-32-14-26-27(25)29(34)23(15-33-16-28(17-33)18-36-19-28)11-24(21-5-3-2-4-6-21)30(29,37-26)22-9-7-20(12-31)8-10-22/h2-10,13-14,23-24,34H,11,15-19H2,1H3. The van der Waals surface area contributed by atoms with Crippen LogP contribution in [0.1, 0.15) is 34.6 Å². The third-order valence-corrected chi connectivity index (χ3v) is 8.97. The highest BCUT2D eigenvalue weighted by Crippen LogP contribution is 2.70. The van der Waals surface area contributed by atoms with Crippen molar-refractivity contribution in [1.29, 1.82) is 5.26 Å². The number of methoxy groups -OCH3 is 1. The molecule has 188 valence electrons. The maximum Gasteiger partial charge on any atom is 0.174 e. The van der Waals surface area contributed by atoms with Crippen LogP contribution in [-0.2, 0) is 15.9 Å². The lowest BCUT2D eigenvalue weighted by molar-refractivity contribution is -0.199. The molecule has 3 aromatic rings. The van der Waals surface area contributed by atoms with Gasteiger partial charge in [0.25, 0.3) is 0 Å². The monoisotopic (exact) mass is 495 g/mol. The molecule has 4 heterocycles. The van der Waals surface area contributed by atoms with E-state index in [4.69, 9.17) is 14.2 Å². The number of benzene rings is 2. The van der Waals surface area contributed by atoms with Gasteiger partial charge in [-0.05, 0) is 29.7 Å². The Labute approximate surface area is 216 Å². The van der Waals surface area contributed by atoms with E-state index in [1.807, 2.05) is 30.3 Å². The predicted octanol–water partition coefficient (Wildman–Crippen LogP) is 3.57. The second kappa shape index (κ2) is 8.03. The quantitative estimate of drug-likeness (QED) is 0.579. The summed E-state index contributed by atoms with van der Waals surface area (Å²) in [6.45, 7) is 4.37. The Hall–Kier alpha value is -3.44. The van der Waals surface area contributed by atoms with Gasteiger partial charge < -0.3 is 24.2 Å². The van der Waals surface area contributed by atoms with E-state index >= 15 is 0 Å². The molecule has 3 aliphatic heterocycles. The molecule has 1 spiro atoms. The smallest absolute Gasteiger partial charge is 0.174 e. The number of nitriles is 1. The lowest BCUT2D eigenvalue weighted by atomic mass is 9.69. The van der Waals surface area contributed by atoms with Crippen LogP contribution in [-0.4, -0.2) is 54.9 Å². The van der Waals surface area contributed by atoms with Crippen molar-refractivity contribution < 1.29 is 19.3 Å². The third-order valence-electron chi connectivity index (χ3n) is 8.97. The van der Waals surface area contributed by atoms with E-state index in [0.29, 0.717) is 22.6 Å². The highest BCUT2D eigenvalue weighted by molar-refractivity contribution is 5.58. The second-order valence-electron chi connectivity index (χ2n) is 11.1.